The van der Waals surface area contributed by atoms with E-state index in [1.165, 1.54) is 0 Å². The van der Waals surface area contributed by atoms with Crippen LogP contribution in [0.25, 0.3) is 0 Å². The zero-order chi connectivity index (χ0) is 7.28. The maximum absolute atomic E-state index is 10.6. The van der Waals surface area contributed by atoms with E-state index in [2.05, 4.69) is 0 Å². The fourth-order valence-electron chi connectivity index (χ4n) is 0.513. The van der Waals surface area contributed by atoms with Gasteiger partial charge in [0.25, 0.3) is 5.91 Å². The normalized spacial score (nSPS) is 10.1. The maximum atomic E-state index is 10.6. The summed E-state index contributed by atoms with van der Waals surface area (Å²) < 4.78 is 0. The standard InChI is InChI=1S/C6H12N2O.ClH/c1-3-4-5(2)6(9)8-7;/h4H,3,7H2,1-2H3,(H,8,9);1H/b5-4-;. The van der Waals surface area contributed by atoms with Gasteiger partial charge >= 0.3 is 0 Å². The first-order valence-electron chi connectivity index (χ1n) is 2.90. The molecule has 3 nitrogen and oxygen atoms in total. The Kier molecular flexibility index (Phi) is 8.00. The van der Waals surface area contributed by atoms with Gasteiger partial charge in [-0.25, -0.2) is 5.84 Å². The molecule has 0 spiro atoms. The van der Waals surface area contributed by atoms with E-state index in [9.17, 15) is 4.79 Å². The number of allylic oxidation sites excluding steroid dienone is 1. The summed E-state index contributed by atoms with van der Waals surface area (Å²) in [6.07, 6.45) is 2.68. The molecule has 0 aliphatic heterocycles. The van der Waals surface area contributed by atoms with Crippen molar-refractivity contribution in [3.05, 3.63) is 11.6 Å². The van der Waals surface area contributed by atoms with Gasteiger partial charge in [-0.15, -0.1) is 12.4 Å². The van der Waals surface area contributed by atoms with Gasteiger partial charge in [0.1, 0.15) is 0 Å². The molecule has 0 saturated carbocycles. The van der Waals surface area contributed by atoms with Gasteiger partial charge in [-0.1, -0.05) is 13.0 Å². The molecule has 3 N–H and O–H groups in total. The van der Waals surface area contributed by atoms with E-state index in [0.717, 1.165) is 6.42 Å². The van der Waals surface area contributed by atoms with Crippen molar-refractivity contribution in [1.82, 2.24) is 5.43 Å². The van der Waals surface area contributed by atoms with Crippen LogP contribution in [0.5, 0.6) is 0 Å². The van der Waals surface area contributed by atoms with Crippen LogP contribution >= 0.6 is 12.4 Å². The van der Waals surface area contributed by atoms with E-state index in [0.29, 0.717) is 5.57 Å². The second-order valence-corrected chi connectivity index (χ2v) is 1.77. The van der Waals surface area contributed by atoms with Gasteiger partial charge in [0.2, 0.25) is 0 Å². The van der Waals surface area contributed by atoms with Crippen LogP contribution in [0.2, 0.25) is 0 Å². The zero-order valence-electron chi connectivity index (χ0n) is 6.18. The topological polar surface area (TPSA) is 55.1 Å². The third kappa shape index (κ3) is 4.35. The van der Waals surface area contributed by atoms with Gasteiger partial charge in [-0.3, -0.25) is 10.2 Å². The van der Waals surface area contributed by atoms with Crippen molar-refractivity contribution in [3.8, 4) is 0 Å². The smallest absolute Gasteiger partial charge is 0.260 e. The molecule has 0 fully saturated rings. The summed E-state index contributed by atoms with van der Waals surface area (Å²) in [7, 11) is 0. The highest BCUT2D eigenvalue weighted by molar-refractivity contribution is 5.92. The minimum absolute atomic E-state index is 0. The largest absolute Gasteiger partial charge is 0.290 e. The average molecular weight is 165 g/mol. The first-order valence-corrected chi connectivity index (χ1v) is 2.90. The van der Waals surface area contributed by atoms with Crippen LogP contribution in [0.1, 0.15) is 20.3 Å². The average Bonchev–Trinajstić information content (AvgIpc) is 1.87. The fourth-order valence-corrected chi connectivity index (χ4v) is 0.513. The molecule has 1 amide bonds. The number of rotatable bonds is 2. The molecule has 0 aliphatic carbocycles. The van der Waals surface area contributed by atoms with Gasteiger partial charge in [0.15, 0.2) is 0 Å². The summed E-state index contributed by atoms with van der Waals surface area (Å²) in [5.41, 5.74) is 2.71. The van der Waals surface area contributed by atoms with Crippen molar-refractivity contribution in [2.45, 2.75) is 20.3 Å². The van der Waals surface area contributed by atoms with Crippen LogP contribution in [0.3, 0.4) is 0 Å². The van der Waals surface area contributed by atoms with Crippen LogP contribution in [0, 0.1) is 0 Å². The third-order valence-electron chi connectivity index (χ3n) is 1.000. The van der Waals surface area contributed by atoms with Gasteiger partial charge < -0.3 is 0 Å². The minimum atomic E-state index is -0.211. The van der Waals surface area contributed by atoms with Crippen LogP contribution in [-0.2, 0) is 4.79 Å². The van der Waals surface area contributed by atoms with Crippen molar-refractivity contribution in [1.29, 1.82) is 0 Å². The SMILES string of the molecule is CC/C=C(/C)C(=O)NN.Cl. The van der Waals surface area contributed by atoms with Gasteiger partial charge in [0.05, 0.1) is 0 Å². The summed E-state index contributed by atoms with van der Waals surface area (Å²) in [5.74, 6) is 4.65. The molecule has 10 heavy (non-hydrogen) atoms. The van der Waals surface area contributed by atoms with E-state index in [1.807, 2.05) is 18.4 Å². The van der Waals surface area contributed by atoms with Crippen LogP contribution in [0.15, 0.2) is 11.6 Å². The first-order chi connectivity index (χ1) is 4.22. The quantitative estimate of drug-likeness (QED) is 0.274. The molecule has 0 bridgehead atoms. The Bertz CT molecular complexity index is 134. The van der Waals surface area contributed by atoms with Crippen molar-refractivity contribution in [2.75, 3.05) is 0 Å². The minimum Gasteiger partial charge on any atom is -0.290 e. The van der Waals surface area contributed by atoms with E-state index in [-0.39, 0.29) is 18.3 Å². The van der Waals surface area contributed by atoms with Crippen LogP contribution in [0.4, 0.5) is 0 Å². The van der Waals surface area contributed by atoms with E-state index in [4.69, 9.17) is 5.84 Å². The lowest BCUT2D eigenvalue weighted by molar-refractivity contribution is -0.117. The number of nitrogens with one attached hydrogen (secondary N) is 1. The number of hydrogen-bond donors (Lipinski definition) is 2. The van der Waals surface area contributed by atoms with Crippen molar-refractivity contribution >= 4 is 18.3 Å². The highest BCUT2D eigenvalue weighted by atomic mass is 35.5. The molecule has 0 saturated heterocycles. The molecule has 4 heteroatoms. The molecule has 60 valence electrons. The number of halogens is 1. The summed E-state index contributed by atoms with van der Waals surface area (Å²) in [4.78, 5) is 10.6. The van der Waals surface area contributed by atoms with Gasteiger partial charge in [0, 0.05) is 5.57 Å². The lowest BCUT2D eigenvalue weighted by Gasteiger charge is -1.95. The Morgan fingerprint density at radius 3 is 2.50 bits per heavy atom. The zero-order valence-corrected chi connectivity index (χ0v) is 6.99. The molecule has 0 rings (SSSR count). The van der Waals surface area contributed by atoms with Crippen molar-refractivity contribution in [2.24, 2.45) is 5.84 Å². The second kappa shape index (κ2) is 6.58. The predicted molar refractivity (Wildman–Crippen MR) is 43.6 cm³/mol. The van der Waals surface area contributed by atoms with Gasteiger partial charge in [-0.2, -0.15) is 0 Å². The Hall–Kier alpha value is -0.540. The molecule has 0 aromatic heterocycles. The highest BCUT2D eigenvalue weighted by Gasteiger charge is 1.97. The molecule has 0 heterocycles. The van der Waals surface area contributed by atoms with E-state index < -0.39 is 0 Å². The second-order valence-electron chi connectivity index (χ2n) is 1.77. The lowest BCUT2D eigenvalue weighted by Crippen LogP contribution is -2.30. The molecular formula is C6H13ClN2O. The monoisotopic (exact) mass is 164 g/mol. The summed E-state index contributed by atoms with van der Waals surface area (Å²) in [5, 5.41) is 0. The molecule has 0 aliphatic rings. The number of carbonyl (C=O) groups excluding carboxylic acids is 1. The van der Waals surface area contributed by atoms with Crippen LogP contribution in [-0.4, -0.2) is 5.91 Å². The summed E-state index contributed by atoms with van der Waals surface area (Å²) >= 11 is 0. The van der Waals surface area contributed by atoms with Gasteiger partial charge in [-0.05, 0) is 13.3 Å². The molecule has 0 atom stereocenters. The molecule has 0 unspecified atom stereocenters. The van der Waals surface area contributed by atoms with Crippen LogP contribution < -0.4 is 11.3 Å². The Labute approximate surface area is 67.0 Å². The fraction of sp³-hybridized carbons (Fsp3) is 0.500. The van der Waals surface area contributed by atoms with Crippen molar-refractivity contribution < 1.29 is 4.79 Å². The molecule has 0 aromatic rings. The number of nitrogens with two attached hydrogens (primary N) is 1. The maximum Gasteiger partial charge on any atom is 0.260 e. The molecule has 0 aromatic carbocycles. The molecular weight excluding hydrogens is 152 g/mol. The summed E-state index contributed by atoms with van der Waals surface area (Å²) in [6, 6.07) is 0. The number of hydrogen-bond acceptors (Lipinski definition) is 2. The summed E-state index contributed by atoms with van der Waals surface area (Å²) in [6.45, 7) is 3.69. The van der Waals surface area contributed by atoms with E-state index >= 15 is 0 Å². The molecule has 0 radical (unpaired) electrons. The van der Waals surface area contributed by atoms with Crippen molar-refractivity contribution in [3.63, 3.8) is 0 Å². The number of amides is 1. The highest BCUT2D eigenvalue weighted by Crippen LogP contribution is 1.92. The first kappa shape index (κ1) is 12.2. The Morgan fingerprint density at radius 1 is 1.70 bits per heavy atom. The van der Waals surface area contributed by atoms with E-state index in [1.54, 1.807) is 6.92 Å². The number of hydrazine groups is 1. The Morgan fingerprint density at radius 2 is 2.20 bits per heavy atom. The third-order valence-corrected chi connectivity index (χ3v) is 1.000. The lowest BCUT2D eigenvalue weighted by atomic mass is 10.2. The Balaban J connectivity index is 0. The number of carbonyl (C=O) groups is 1. The predicted octanol–water partition coefficient (Wildman–Crippen LogP) is 0.754.